The van der Waals surface area contributed by atoms with Gasteiger partial charge >= 0.3 is 0 Å². The number of amides is 1. The number of hydrogen-bond donors (Lipinski definition) is 0. The van der Waals surface area contributed by atoms with Crippen LogP contribution in [0.1, 0.15) is 5.56 Å². The molecule has 0 unspecified atom stereocenters. The molecule has 1 amide bonds. The minimum absolute atomic E-state index is 0.00506. The Morgan fingerprint density at radius 1 is 0.879 bits per heavy atom. The number of carbonyl (C=O) groups excluding carboxylic acids is 1. The SMILES string of the molecule is O=C1SCC(=NN=c2scc(-c3ccc(Br)cc3)n2-c2ccccc2)N1Cc1ccccc1. The summed E-state index contributed by atoms with van der Waals surface area (Å²) in [6.45, 7) is 0.494. The number of para-hydroxylation sites is 1. The average Bonchev–Trinajstić information content (AvgIpc) is 3.43. The fourth-order valence-electron chi connectivity index (χ4n) is 3.52. The first kappa shape index (κ1) is 21.9. The second kappa shape index (κ2) is 9.91. The van der Waals surface area contributed by atoms with Crippen molar-refractivity contribution in [1.29, 1.82) is 0 Å². The molecule has 1 aromatic heterocycles. The molecule has 1 aliphatic heterocycles. The lowest BCUT2D eigenvalue weighted by Gasteiger charge is -2.15. The Balaban J connectivity index is 1.56. The number of carbonyl (C=O) groups is 1. The molecule has 3 aromatic carbocycles. The molecular weight excluding hydrogens is 516 g/mol. The van der Waals surface area contributed by atoms with Gasteiger partial charge in [0.2, 0.25) is 4.80 Å². The molecule has 164 valence electrons. The summed E-state index contributed by atoms with van der Waals surface area (Å²) in [4.78, 5) is 14.9. The smallest absolute Gasteiger partial charge is 0.284 e. The van der Waals surface area contributed by atoms with Gasteiger partial charge in [-0.05, 0) is 35.4 Å². The van der Waals surface area contributed by atoms with Crippen molar-refractivity contribution in [3.63, 3.8) is 0 Å². The molecule has 1 aliphatic rings. The van der Waals surface area contributed by atoms with Gasteiger partial charge in [0, 0.05) is 15.5 Å². The van der Waals surface area contributed by atoms with Crippen molar-refractivity contribution in [2.24, 2.45) is 10.2 Å². The summed E-state index contributed by atoms with van der Waals surface area (Å²) in [5.41, 5.74) is 4.20. The molecule has 0 bridgehead atoms. The lowest BCUT2D eigenvalue weighted by atomic mass is 10.1. The van der Waals surface area contributed by atoms with E-state index in [2.05, 4.69) is 60.3 Å². The molecule has 5 rings (SSSR count). The van der Waals surface area contributed by atoms with Crippen LogP contribution in [0.15, 0.2) is 105 Å². The van der Waals surface area contributed by atoms with Crippen molar-refractivity contribution < 1.29 is 4.79 Å². The standard InChI is InChI=1S/C25H19BrN4OS2/c26-20-13-11-19(12-14-20)22-16-32-24(30(22)21-9-5-2-6-10-21)28-27-23-17-33-25(31)29(23)15-18-7-3-1-4-8-18/h1-14,16H,15,17H2. The number of thioether (sulfide) groups is 1. The predicted molar refractivity (Wildman–Crippen MR) is 140 cm³/mol. The average molecular weight is 535 g/mol. The van der Waals surface area contributed by atoms with Crippen LogP contribution in [0.25, 0.3) is 16.9 Å². The molecule has 8 heteroatoms. The molecule has 0 radical (unpaired) electrons. The first-order valence-electron chi connectivity index (χ1n) is 10.3. The minimum atomic E-state index is 0.00506. The molecule has 1 fully saturated rings. The summed E-state index contributed by atoms with van der Waals surface area (Å²) in [5, 5.41) is 11.2. The van der Waals surface area contributed by atoms with Crippen LogP contribution >= 0.6 is 39.0 Å². The van der Waals surface area contributed by atoms with Crippen LogP contribution in [0.3, 0.4) is 0 Å². The van der Waals surface area contributed by atoms with E-state index in [0.717, 1.165) is 31.8 Å². The van der Waals surface area contributed by atoms with Gasteiger partial charge in [0.15, 0.2) is 0 Å². The van der Waals surface area contributed by atoms with Gasteiger partial charge in [0.1, 0.15) is 5.84 Å². The van der Waals surface area contributed by atoms with Crippen LogP contribution < -0.4 is 4.80 Å². The summed E-state index contributed by atoms with van der Waals surface area (Å²) >= 11 is 6.30. The van der Waals surface area contributed by atoms with Crippen molar-refractivity contribution in [2.75, 3.05) is 5.75 Å². The van der Waals surface area contributed by atoms with Gasteiger partial charge in [0.25, 0.3) is 5.24 Å². The minimum Gasteiger partial charge on any atom is -0.284 e. The molecule has 0 N–H and O–H groups in total. The quantitative estimate of drug-likeness (QED) is 0.272. The van der Waals surface area contributed by atoms with Crippen LogP contribution in [0.5, 0.6) is 0 Å². The highest BCUT2D eigenvalue weighted by Gasteiger charge is 2.28. The van der Waals surface area contributed by atoms with E-state index in [1.807, 2.05) is 60.7 Å². The van der Waals surface area contributed by atoms with Crippen molar-refractivity contribution in [1.82, 2.24) is 9.47 Å². The Kier molecular flexibility index (Phi) is 6.57. The largest absolute Gasteiger partial charge is 0.287 e. The molecule has 0 spiro atoms. The molecule has 0 saturated carbocycles. The maximum atomic E-state index is 12.5. The van der Waals surface area contributed by atoms with E-state index < -0.39 is 0 Å². The number of thiazole rings is 1. The van der Waals surface area contributed by atoms with E-state index in [1.165, 1.54) is 23.1 Å². The molecule has 2 heterocycles. The van der Waals surface area contributed by atoms with Crippen molar-refractivity contribution in [3.8, 4) is 16.9 Å². The van der Waals surface area contributed by atoms with E-state index in [4.69, 9.17) is 0 Å². The first-order chi connectivity index (χ1) is 16.2. The molecule has 4 aromatic rings. The normalized spacial score (nSPS) is 15.5. The molecule has 0 atom stereocenters. The number of benzene rings is 3. The Morgan fingerprint density at radius 3 is 2.30 bits per heavy atom. The van der Waals surface area contributed by atoms with E-state index in [0.29, 0.717) is 18.1 Å². The second-order valence-corrected chi connectivity index (χ2v) is 10.0. The molecule has 33 heavy (non-hydrogen) atoms. The maximum Gasteiger partial charge on any atom is 0.287 e. The van der Waals surface area contributed by atoms with E-state index in [-0.39, 0.29) is 5.24 Å². The highest BCUT2D eigenvalue weighted by molar-refractivity contribution is 9.10. The third-order valence-electron chi connectivity index (χ3n) is 5.15. The number of nitrogens with zero attached hydrogens (tertiary/aromatic N) is 4. The fraction of sp³-hybridized carbons (Fsp3) is 0.0800. The topological polar surface area (TPSA) is 50.0 Å². The third kappa shape index (κ3) is 4.88. The first-order valence-corrected chi connectivity index (χ1v) is 13.0. The van der Waals surface area contributed by atoms with Gasteiger partial charge in [-0.2, -0.15) is 0 Å². The van der Waals surface area contributed by atoms with Crippen LogP contribution in [0.4, 0.5) is 4.79 Å². The third-order valence-corrected chi connectivity index (χ3v) is 7.37. The zero-order chi connectivity index (χ0) is 22.6. The number of rotatable bonds is 5. The van der Waals surface area contributed by atoms with Crippen LogP contribution in [-0.4, -0.2) is 26.3 Å². The summed E-state index contributed by atoms with van der Waals surface area (Å²) in [7, 11) is 0. The fourth-order valence-corrected chi connectivity index (χ4v) is 5.43. The summed E-state index contributed by atoms with van der Waals surface area (Å²) in [6.07, 6.45) is 0. The van der Waals surface area contributed by atoms with Crippen molar-refractivity contribution >= 4 is 50.1 Å². The summed E-state index contributed by atoms with van der Waals surface area (Å²) in [6, 6.07) is 28.3. The molecule has 5 nitrogen and oxygen atoms in total. The zero-order valence-electron chi connectivity index (χ0n) is 17.5. The number of hydrogen-bond acceptors (Lipinski definition) is 5. The Hall–Kier alpha value is -2.94. The highest BCUT2D eigenvalue weighted by Crippen LogP contribution is 2.26. The lowest BCUT2D eigenvalue weighted by molar-refractivity contribution is 0.244. The molecular formula is C25H19BrN4OS2. The van der Waals surface area contributed by atoms with E-state index in [1.54, 1.807) is 4.90 Å². The Labute approximate surface area is 208 Å². The number of amidine groups is 1. The zero-order valence-corrected chi connectivity index (χ0v) is 20.7. The predicted octanol–water partition coefficient (Wildman–Crippen LogP) is 6.55. The second-order valence-electron chi connectivity index (χ2n) is 7.32. The van der Waals surface area contributed by atoms with Gasteiger partial charge in [-0.15, -0.1) is 21.5 Å². The summed E-state index contributed by atoms with van der Waals surface area (Å²) < 4.78 is 3.13. The van der Waals surface area contributed by atoms with Gasteiger partial charge < -0.3 is 0 Å². The highest BCUT2D eigenvalue weighted by atomic mass is 79.9. The van der Waals surface area contributed by atoms with Crippen LogP contribution in [0, 0.1) is 0 Å². The van der Waals surface area contributed by atoms with Gasteiger partial charge in [-0.25, -0.2) is 0 Å². The van der Waals surface area contributed by atoms with Crippen molar-refractivity contribution in [3.05, 3.63) is 105 Å². The maximum absolute atomic E-state index is 12.5. The van der Waals surface area contributed by atoms with Gasteiger partial charge in [0.05, 0.1) is 18.0 Å². The van der Waals surface area contributed by atoms with E-state index >= 15 is 0 Å². The monoisotopic (exact) mass is 534 g/mol. The van der Waals surface area contributed by atoms with Crippen LogP contribution in [0.2, 0.25) is 0 Å². The van der Waals surface area contributed by atoms with Gasteiger partial charge in [-0.3, -0.25) is 14.3 Å². The molecule has 0 aliphatic carbocycles. The number of aromatic nitrogens is 1. The lowest BCUT2D eigenvalue weighted by Crippen LogP contribution is -2.28. The van der Waals surface area contributed by atoms with Gasteiger partial charge in [-0.1, -0.05) is 88.4 Å². The van der Waals surface area contributed by atoms with E-state index in [9.17, 15) is 4.79 Å². The Morgan fingerprint density at radius 2 is 1.58 bits per heavy atom. The molecule has 1 saturated heterocycles. The van der Waals surface area contributed by atoms with Crippen molar-refractivity contribution in [2.45, 2.75) is 6.54 Å². The summed E-state index contributed by atoms with van der Waals surface area (Å²) in [5.74, 6) is 1.19. The Bertz CT molecular complexity index is 1360. The number of halogens is 1. The van der Waals surface area contributed by atoms with Crippen LogP contribution in [-0.2, 0) is 6.54 Å².